The van der Waals surface area contributed by atoms with Gasteiger partial charge in [0.25, 0.3) is 0 Å². The molecule has 1 fully saturated rings. The van der Waals surface area contributed by atoms with E-state index in [-0.39, 0.29) is 0 Å². The highest BCUT2D eigenvalue weighted by Crippen LogP contribution is 2.43. The van der Waals surface area contributed by atoms with Gasteiger partial charge in [-0.3, -0.25) is 0 Å². The molecule has 4 heteroatoms. The molecule has 0 aliphatic heterocycles. The Labute approximate surface area is 120 Å². The number of hydrogen-bond donors (Lipinski definition) is 1. The van der Waals surface area contributed by atoms with Crippen molar-refractivity contribution in [1.29, 1.82) is 0 Å². The first-order valence-electron chi connectivity index (χ1n) is 6.85. The van der Waals surface area contributed by atoms with Gasteiger partial charge in [-0.2, -0.15) is 0 Å². The summed E-state index contributed by atoms with van der Waals surface area (Å²) in [6, 6.07) is 4.27. The van der Waals surface area contributed by atoms with Crippen LogP contribution in [-0.4, -0.2) is 20.8 Å². The smallest absolute Gasteiger partial charge is 0.146 e. The van der Waals surface area contributed by atoms with E-state index in [1.54, 1.807) is 14.2 Å². The molecule has 2 rings (SSSR count). The number of benzene rings is 1. The second-order valence-electron chi connectivity index (χ2n) is 4.99. The van der Waals surface area contributed by atoms with Crippen LogP contribution in [-0.2, 0) is 0 Å². The molecular weight excluding hydrogens is 262 g/mol. The van der Waals surface area contributed by atoms with Crippen LogP contribution in [0.2, 0.25) is 5.02 Å². The third-order valence-corrected chi connectivity index (χ3v) is 3.97. The highest BCUT2D eigenvalue weighted by atomic mass is 35.5. The lowest BCUT2D eigenvalue weighted by atomic mass is 9.99. The lowest BCUT2D eigenvalue weighted by Crippen LogP contribution is -2.22. The highest BCUT2D eigenvalue weighted by molar-refractivity contribution is 6.33. The molecule has 1 aromatic rings. The fourth-order valence-electron chi connectivity index (χ4n) is 2.45. The zero-order valence-corrected chi connectivity index (χ0v) is 12.6. The maximum atomic E-state index is 6.33. The van der Waals surface area contributed by atoms with E-state index in [0.717, 1.165) is 30.2 Å². The van der Waals surface area contributed by atoms with Crippen molar-refractivity contribution in [1.82, 2.24) is 5.32 Å². The molecule has 0 saturated heterocycles. The molecule has 0 aromatic heterocycles. The van der Waals surface area contributed by atoms with Gasteiger partial charge in [-0.1, -0.05) is 31.4 Å². The molecule has 1 saturated carbocycles. The molecule has 1 N–H and O–H groups in total. The Balaban J connectivity index is 2.31. The quantitative estimate of drug-likeness (QED) is 0.825. The van der Waals surface area contributed by atoms with Crippen molar-refractivity contribution in [3.63, 3.8) is 0 Å². The van der Waals surface area contributed by atoms with Crippen molar-refractivity contribution in [3.05, 3.63) is 22.7 Å². The summed E-state index contributed by atoms with van der Waals surface area (Å²) in [5.74, 6) is 2.23. The summed E-state index contributed by atoms with van der Waals surface area (Å²) < 4.78 is 10.7. The number of methoxy groups -OCH3 is 2. The van der Waals surface area contributed by atoms with E-state index >= 15 is 0 Å². The molecule has 1 atom stereocenters. The average Bonchev–Trinajstić information content (AvgIpc) is 3.22. The van der Waals surface area contributed by atoms with Gasteiger partial charge in [0.05, 0.1) is 14.2 Å². The number of ether oxygens (including phenoxy) is 2. The van der Waals surface area contributed by atoms with Crippen molar-refractivity contribution < 1.29 is 9.47 Å². The van der Waals surface area contributed by atoms with E-state index in [1.807, 2.05) is 6.07 Å². The second-order valence-corrected chi connectivity index (χ2v) is 5.37. The Morgan fingerprint density at radius 2 is 2.05 bits per heavy atom. The molecule has 1 aromatic carbocycles. The SMILES string of the molecule is CCNC(CC1CC1)c1ccc(OC)c(Cl)c1OC. The van der Waals surface area contributed by atoms with Crippen LogP contribution >= 0.6 is 11.6 Å². The van der Waals surface area contributed by atoms with E-state index in [1.165, 1.54) is 12.8 Å². The first-order valence-corrected chi connectivity index (χ1v) is 7.22. The van der Waals surface area contributed by atoms with Crippen LogP contribution in [0.3, 0.4) is 0 Å². The topological polar surface area (TPSA) is 30.5 Å². The summed E-state index contributed by atoms with van der Waals surface area (Å²) in [5, 5.41) is 4.09. The molecule has 0 bridgehead atoms. The molecule has 1 unspecified atom stereocenters. The first kappa shape index (κ1) is 14.5. The van der Waals surface area contributed by atoms with Crippen LogP contribution in [0.4, 0.5) is 0 Å². The summed E-state index contributed by atoms with van der Waals surface area (Å²) in [6.45, 7) is 3.06. The van der Waals surface area contributed by atoms with Crippen molar-refractivity contribution in [2.75, 3.05) is 20.8 Å². The highest BCUT2D eigenvalue weighted by Gasteiger charge is 2.28. The third kappa shape index (κ3) is 3.34. The molecule has 106 valence electrons. The predicted octanol–water partition coefficient (Wildman–Crippen LogP) is 3.81. The molecular formula is C15H22ClNO2. The van der Waals surface area contributed by atoms with Crippen molar-refractivity contribution >= 4 is 11.6 Å². The van der Waals surface area contributed by atoms with Crippen molar-refractivity contribution in [3.8, 4) is 11.5 Å². The summed E-state index contributed by atoms with van der Waals surface area (Å²) in [6.07, 6.45) is 3.83. The van der Waals surface area contributed by atoms with Gasteiger partial charge in [0.2, 0.25) is 0 Å². The van der Waals surface area contributed by atoms with Crippen LogP contribution in [0.25, 0.3) is 0 Å². The number of rotatable bonds is 7. The van der Waals surface area contributed by atoms with E-state index in [2.05, 4.69) is 18.3 Å². The first-order chi connectivity index (χ1) is 9.21. The van der Waals surface area contributed by atoms with Gasteiger partial charge in [0, 0.05) is 11.6 Å². The Morgan fingerprint density at radius 3 is 2.58 bits per heavy atom. The van der Waals surface area contributed by atoms with Gasteiger partial charge in [-0.15, -0.1) is 0 Å². The minimum atomic E-state index is 0.302. The van der Waals surface area contributed by atoms with Gasteiger partial charge < -0.3 is 14.8 Å². The summed E-state index contributed by atoms with van der Waals surface area (Å²) >= 11 is 6.33. The minimum absolute atomic E-state index is 0.302. The lowest BCUT2D eigenvalue weighted by Gasteiger charge is -2.22. The number of nitrogens with one attached hydrogen (secondary N) is 1. The normalized spacial score (nSPS) is 16.2. The molecule has 1 aliphatic rings. The standard InChI is InChI=1S/C15H22ClNO2/c1-4-17-12(9-10-5-6-10)11-7-8-13(18-2)14(16)15(11)19-3/h7-8,10,12,17H,4-6,9H2,1-3H3. The largest absolute Gasteiger partial charge is 0.495 e. The number of hydrogen-bond acceptors (Lipinski definition) is 3. The van der Waals surface area contributed by atoms with Gasteiger partial charge in [-0.05, 0) is 31.0 Å². The van der Waals surface area contributed by atoms with Crippen LogP contribution < -0.4 is 14.8 Å². The summed E-state index contributed by atoms with van der Waals surface area (Å²) in [5.41, 5.74) is 1.13. The summed E-state index contributed by atoms with van der Waals surface area (Å²) in [4.78, 5) is 0. The van der Waals surface area contributed by atoms with E-state index in [0.29, 0.717) is 16.8 Å². The van der Waals surface area contributed by atoms with E-state index in [9.17, 15) is 0 Å². The molecule has 3 nitrogen and oxygen atoms in total. The number of halogens is 1. The minimum Gasteiger partial charge on any atom is -0.495 e. The van der Waals surface area contributed by atoms with Gasteiger partial charge in [0.15, 0.2) is 0 Å². The zero-order chi connectivity index (χ0) is 13.8. The molecule has 19 heavy (non-hydrogen) atoms. The molecule has 1 aliphatic carbocycles. The van der Waals surface area contributed by atoms with Crippen LogP contribution in [0.1, 0.15) is 37.8 Å². The Kier molecular flexibility index (Phi) is 4.94. The predicted molar refractivity (Wildman–Crippen MR) is 78.3 cm³/mol. The Hall–Kier alpha value is -0.930. The van der Waals surface area contributed by atoms with Crippen LogP contribution in [0.5, 0.6) is 11.5 Å². The fraction of sp³-hybridized carbons (Fsp3) is 0.600. The Morgan fingerprint density at radius 1 is 1.32 bits per heavy atom. The lowest BCUT2D eigenvalue weighted by molar-refractivity contribution is 0.380. The molecule has 0 radical (unpaired) electrons. The van der Waals surface area contributed by atoms with Crippen LogP contribution in [0.15, 0.2) is 12.1 Å². The van der Waals surface area contributed by atoms with Gasteiger partial charge in [-0.25, -0.2) is 0 Å². The maximum Gasteiger partial charge on any atom is 0.146 e. The fourth-order valence-corrected chi connectivity index (χ4v) is 2.77. The van der Waals surface area contributed by atoms with Crippen LogP contribution in [0, 0.1) is 5.92 Å². The third-order valence-electron chi connectivity index (χ3n) is 3.61. The van der Waals surface area contributed by atoms with E-state index < -0.39 is 0 Å². The van der Waals surface area contributed by atoms with E-state index in [4.69, 9.17) is 21.1 Å². The van der Waals surface area contributed by atoms with Gasteiger partial charge >= 0.3 is 0 Å². The van der Waals surface area contributed by atoms with Gasteiger partial charge in [0.1, 0.15) is 16.5 Å². The Bertz CT molecular complexity index is 432. The maximum absolute atomic E-state index is 6.33. The molecule has 0 spiro atoms. The second kappa shape index (κ2) is 6.49. The molecule has 0 heterocycles. The average molecular weight is 284 g/mol. The zero-order valence-electron chi connectivity index (χ0n) is 11.8. The molecule has 0 amide bonds. The van der Waals surface area contributed by atoms with Crippen molar-refractivity contribution in [2.24, 2.45) is 5.92 Å². The summed E-state index contributed by atoms with van der Waals surface area (Å²) in [7, 11) is 3.27. The van der Waals surface area contributed by atoms with Crippen molar-refractivity contribution in [2.45, 2.75) is 32.2 Å². The monoisotopic (exact) mass is 283 g/mol.